The zero-order valence-electron chi connectivity index (χ0n) is 19.7. The van der Waals surface area contributed by atoms with Crippen molar-refractivity contribution in [2.45, 2.75) is 97.0 Å². The Balaban J connectivity index is 1.63. The highest BCUT2D eigenvalue weighted by Crippen LogP contribution is 2.44. The SMILES string of the molecule is CC[C@H]1CC[C@@H](Oc2ccc3ccc(C(C)N[C@H]4CCC4(C)C)cc3c2C(F)(F)F)CC1. The first-order valence-corrected chi connectivity index (χ1v) is 12.1. The summed E-state index contributed by atoms with van der Waals surface area (Å²) in [5, 5.41) is 4.45. The molecular weight excluding hydrogens is 411 g/mol. The molecule has 0 aliphatic heterocycles. The molecule has 2 aliphatic carbocycles. The van der Waals surface area contributed by atoms with E-state index in [9.17, 15) is 13.2 Å². The van der Waals surface area contributed by atoms with Crippen molar-refractivity contribution in [1.29, 1.82) is 0 Å². The molecule has 2 nitrogen and oxygen atoms in total. The van der Waals surface area contributed by atoms with Gasteiger partial charge in [0.15, 0.2) is 0 Å². The number of nitrogens with one attached hydrogen (secondary N) is 1. The minimum absolute atomic E-state index is 0.0149. The van der Waals surface area contributed by atoms with E-state index in [4.69, 9.17) is 4.74 Å². The molecule has 0 radical (unpaired) electrons. The number of hydrogen-bond donors (Lipinski definition) is 1. The molecule has 0 aromatic heterocycles. The first-order chi connectivity index (χ1) is 15.1. The molecule has 1 unspecified atom stereocenters. The Morgan fingerprint density at radius 1 is 1.06 bits per heavy atom. The lowest BCUT2D eigenvalue weighted by molar-refractivity contribution is -0.138. The average Bonchev–Trinajstić information content (AvgIpc) is 2.75. The minimum atomic E-state index is -4.47. The van der Waals surface area contributed by atoms with Crippen LogP contribution in [0.3, 0.4) is 0 Å². The van der Waals surface area contributed by atoms with Gasteiger partial charge in [-0.15, -0.1) is 0 Å². The van der Waals surface area contributed by atoms with E-state index in [1.54, 1.807) is 18.2 Å². The normalized spacial score (nSPS) is 26.5. The molecule has 0 heterocycles. The lowest BCUT2D eigenvalue weighted by Crippen LogP contribution is -2.50. The largest absolute Gasteiger partial charge is 0.490 e. The fourth-order valence-corrected chi connectivity index (χ4v) is 5.39. The third-order valence-corrected chi connectivity index (χ3v) is 7.93. The van der Waals surface area contributed by atoms with Crippen LogP contribution in [0.2, 0.25) is 0 Å². The summed E-state index contributed by atoms with van der Waals surface area (Å²) in [6, 6.07) is 9.10. The Hall–Kier alpha value is -1.75. The van der Waals surface area contributed by atoms with Gasteiger partial charge in [0.2, 0.25) is 0 Å². The summed E-state index contributed by atoms with van der Waals surface area (Å²) < 4.78 is 48.8. The second-order valence-electron chi connectivity index (χ2n) is 10.6. The van der Waals surface area contributed by atoms with Crippen LogP contribution in [0.1, 0.15) is 89.8 Å². The van der Waals surface area contributed by atoms with Gasteiger partial charge in [-0.3, -0.25) is 0 Å². The lowest BCUT2D eigenvalue weighted by Gasteiger charge is -2.46. The van der Waals surface area contributed by atoms with Crippen LogP contribution in [-0.2, 0) is 6.18 Å². The number of rotatable bonds is 6. The molecule has 2 aromatic rings. The predicted octanol–water partition coefficient (Wildman–Crippen LogP) is 8.05. The number of halogens is 3. The quantitative estimate of drug-likeness (QED) is 0.484. The van der Waals surface area contributed by atoms with Crippen molar-refractivity contribution in [3.8, 4) is 5.75 Å². The van der Waals surface area contributed by atoms with E-state index >= 15 is 0 Å². The number of ether oxygens (including phenoxy) is 1. The summed E-state index contributed by atoms with van der Waals surface area (Å²) in [5.41, 5.74) is 0.483. The average molecular weight is 448 g/mol. The Kier molecular flexibility index (Phi) is 6.50. The smallest absolute Gasteiger partial charge is 0.420 e. The van der Waals surface area contributed by atoms with Gasteiger partial charge in [0, 0.05) is 12.1 Å². The monoisotopic (exact) mass is 447 g/mol. The highest BCUT2D eigenvalue weighted by Gasteiger charge is 2.40. The molecule has 0 amide bonds. The van der Waals surface area contributed by atoms with E-state index in [0.717, 1.165) is 44.1 Å². The van der Waals surface area contributed by atoms with Crippen LogP contribution in [0.5, 0.6) is 5.75 Å². The lowest BCUT2D eigenvalue weighted by atomic mass is 9.67. The maximum Gasteiger partial charge on any atom is 0.420 e. The molecule has 176 valence electrons. The summed E-state index contributed by atoms with van der Waals surface area (Å²) >= 11 is 0. The van der Waals surface area contributed by atoms with Crippen LogP contribution in [0.25, 0.3) is 10.8 Å². The molecule has 0 saturated heterocycles. The highest BCUT2D eigenvalue weighted by molar-refractivity contribution is 5.89. The van der Waals surface area contributed by atoms with Crippen molar-refractivity contribution in [1.82, 2.24) is 5.32 Å². The van der Waals surface area contributed by atoms with E-state index in [0.29, 0.717) is 17.3 Å². The zero-order valence-corrected chi connectivity index (χ0v) is 19.7. The third-order valence-electron chi connectivity index (χ3n) is 7.93. The molecule has 32 heavy (non-hydrogen) atoms. The van der Waals surface area contributed by atoms with Gasteiger partial charge >= 0.3 is 6.18 Å². The molecule has 2 aromatic carbocycles. The van der Waals surface area contributed by atoms with E-state index < -0.39 is 11.7 Å². The molecule has 0 spiro atoms. The molecule has 2 aliphatic rings. The fourth-order valence-electron chi connectivity index (χ4n) is 5.39. The van der Waals surface area contributed by atoms with Gasteiger partial charge < -0.3 is 10.1 Å². The molecule has 1 N–H and O–H groups in total. The Labute approximate surface area is 189 Å². The van der Waals surface area contributed by atoms with Gasteiger partial charge in [0.1, 0.15) is 11.3 Å². The van der Waals surface area contributed by atoms with Crippen molar-refractivity contribution in [3.05, 3.63) is 41.5 Å². The first kappa shape index (κ1) is 23.4. The number of alkyl halides is 3. The van der Waals surface area contributed by atoms with E-state index in [1.165, 1.54) is 12.5 Å². The molecule has 4 rings (SSSR count). The van der Waals surface area contributed by atoms with Crippen LogP contribution in [0.4, 0.5) is 13.2 Å². The van der Waals surface area contributed by atoms with Gasteiger partial charge in [0.05, 0.1) is 6.10 Å². The molecule has 2 fully saturated rings. The van der Waals surface area contributed by atoms with E-state index in [1.807, 2.05) is 13.0 Å². The van der Waals surface area contributed by atoms with Crippen molar-refractivity contribution in [3.63, 3.8) is 0 Å². The maximum atomic E-state index is 14.3. The molecular formula is C27H36F3NO. The standard InChI is InChI=1S/C27H36F3NO/c1-5-18-6-11-21(12-7-18)32-23-13-10-19-8-9-20(16-22(19)25(23)27(28,29)30)17(2)31-24-14-15-26(24,3)4/h8-10,13,16-18,21,24,31H,5-7,11-12,14-15H2,1-4H3/t17?,18-,21+,24-/m0/s1. The first-order valence-electron chi connectivity index (χ1n) is 12.1. The fraction of sp³-hybridized carbons (Fsp3) is 0.630. The maximum absolute atomic E-state index is 14.3. The summed E-state index contributed by atoms with van der Waals surface area (Å²) in [6.07, 6.45) is 2.51. The predicted molar refractivity (Wildman–Crippen MR) is 124 cm³/mol. The highest BCUT2D eigenvalue weighted by atomic mass is 19.4. The number of hydrogen-bond acceptors (Lipinski definition) is 2. The second kappa shape index (κ2) is 8.89. The van der Waals surface area contributed by atoms with Crippen molar-refractivity contribution < 1.29 is 17.9 Å². The minimum Gasteiger partial charge on any atom is -0.490 e. The van der Waals surface area contributed by atoms with Crippen molar-refractivity contribution >= 4 is 10.8 Å². The molecule has 2 saturated carbocycles. The van der Waals surface area contributed by atoms with Gasteiger partial charge in [-0.1, -0.05) is 45.4 Å². The molecule has 0 bridgehead atoms. The Morgan fingerprint density at radius 2 is 1.75 bits per heavy atom. The molecule has 5 heteroatoms. The number of benzene rings is 2. The number of fused-ring (bicyclic) bond motifs is 1. The zero-order chi connectivity index (χ0) is 23.1. The van der Waals surface area contributed by atoms with Gasteiger partial charge in [-0.2, -0.15) is 13.2 Å². The van der Waals surface area contributed by atoms with Crippen LogP contribution < -0.4 is 10.1 Å². The summed E-state index contributed by atoms with van der Waals surface area (Å²) in [4.78, 5) is 0. The van der Waals surface area contributed by atoms with Crippen molar-refractivity contribution in [2.75, 3.05) is 0 Å². The van der Waals surface area contributed by atoms with Crippen LogP contribution in [0.15, 0.2) is 30.3 Å². The van der Waals surface area contributed by atoms with E-state index in [2.05, 4.69) is 26.1 Å². The Bertz CT molecular complexity index is 944. The molecule has 2 atom stereocenters. The third kappa shape index (κ3) is 4.78. The van der Waals surface area contributed by atoms with Gasteiger partial charge in [-0.05, 0) is 85.3 Å². The van der Waals surface area contributed by atoms with Crippen LogP contribution in [0, 0.1) is 11.3 Å². The second-order valence-corrected chi connectivity index (χ2v) is 10.6. The topological polar surface area (TPSA) is 21.3 Å². The van der Waals surface area contributed by atoms with Crippen molar-refractivity contribution in [2.24, 2.45) is 11.3 Å². The summed E-state index contributed by atoms with van der Waals surface area (Å²) in [6.45, 7) is 8.69. The summed E-state index contributed by atoms with van der Waals surface area (Å²) in [7, 11) is 0. The van der Waals surface area contributed by atoms with Gasteiger partial charge in [-0.25, -0.2) is 0 Å². The Morgan fingerprint density at radius 3 is 2.31 bits per heavy atom. The van der Waals surface area contributed by atoms with Crippen LogP contribution >= 0.6 is 0 Å². The summed E-state index contributed by atoms with van der Waals surface area (Å²) in [5.74, 6) is 0.647. The van der Waals surface area contributed by atoms with Crippen LogP contribution in [-0.4, -0.2) is 12.1 Å². The van der Waals surface area contributed by atoms with Gasteiger partial charge in [0.25, 0.3) is 0 Å². The van der Waals surface area contributed by atoms with E-state index in [-0.39, 0.29) is 28.7 Å².